The Morgan fingerprint density at radius 3 is 2.50 bits per heavy atom. The smallest absolute Gasteiger partial charge is 0.306 e. The molecule has 1 fully saturated rings. The Kier molecular flexibility index (Phi) is 4.18. The molecule has 1 saturated carbocycles. The van der Waals surface area contributed by atoms with Gasteiger partial charge in [-0.2, -0.15) is 0 Å². The van der Waals surface area contributed by atoms with Crippen molar-refractivity contribution in [3.8, 4) is 0 Å². The van der Waals surface area contributed by atoms with Crippen molar-refractivity contribution in [3.05, 3.63) is 33.8 Å². The van der Waals surface area contributed by atoms with E-state index in [4.69, 9.17) is 28.3 Å². The molecule has 1 aliphatic rings. The van der Waals surface area contributed by atoms with Crippen LogP contribution in [0.1, 0.15) is 37.7 Å². The largest absolute Gasteiger partial charge is 0.481 e. The van der Waals surface area contributed by atoms with E-state index >= 15 is 0 Å². The van der Waals surface area contributed by atoms with Crippen LogP contribution in [0.5, 0.6) is 0 Å². The number of halogens is 2. The molecule has 1 N–H and O–H groups in total. The van der Waals surface area contributed by atoms with Crippen molar-refractivity contribution in [2.75, 3.05) is 0 Å². The Balaban J connectivity index is 2.12. The fourth-order valence-electron chi connectivity index (χ4n) is 2.57. The zero-order valence-electron chi connectivity index (χ0n) is 10.2. The second-order valence-corrected chi connectivity index (χ2v) is 5.73. The van der Waals surface area contributed by atoms with Gasteiger partial charge in [-0.1, -0.05) is 36.2 Å². The Morgan fingerprint density at radius 1 is 1.44 bits per heavy atom. The molecule has 0 bridgehead atoms. The van der Waals surface area contributed by atoms with E-state index in [1.807, 2.05) is 18.2 Å². The minimum Gasteiger partial charge on any atom is -0.481 e. The maximum atomic E-state index is 10.9. The maximum absolute atomic E-state index is 10.9. The molecule has 2 nitrogen and oxygen atoms in total. The molecular weight excluding hydrogens is 271 g/mol. The van der Waals surface area contributed by atoms with Gasteiger partial charge in [-0.15, -0.1) is 0 Å². The zero-order chi connectivity index (χ0) is 13.3. The van der Waals surface area contributed by atoms with E-state index in [1.54, 1.807) is 0 Å². The third-order valence-electron chi connectivity index (χ3n) is 3.73. The number of carbonyl (C=O) groups is 1. The standard InChI is InChI=1S/C14H16Cl2O2/c1-2-8(6-9-7-10(9)14(17)18)13-11(15)4-3-5-12(13)16/h3-5,8-10H,2,6-7H2,1H3,(H,17,18). The van der Waals surface area contributed by atoms with Crippen LogP contribution in [0.2, 0.25) is 10.0 Å². The predicted octanol–water partition coefficient (Wildman–Crippen LogP) is 4.60. The molecule has 0 amide bonds. The van der Waals surface area contributed by atoms with Gasteiger partial charge in [0.2, 0.25) is 0 Å². The second kappa shape index (κ2) is 5.50. The SMILES string of the molecule is CCC(CC1CC1C(=O)O)c1c(Cl)cccc1Cl. The van der Waals surface area contributed by atoms with Gasteiger partial charge in [-0.3, -0.25) is 4.79 Å². The highest BCUT2D eigenvalue weighted by molar-refractivity contribution is 6.36. The Bertz CT molecular complexity index is 439. The number of benzene rings is 1. The second-order valence-electron chi connectivity index (χ2n) is 4.92. The van der Waals surface area contributed by atoms with Crippen LogP contribution in [0.25, 0.3) is 0 Å². The summed E-state index contributed by atoms with van der Waals surface area (Å²) >= 11 is 12.4. The Hall–Kier alpha value is -0.730. The van der Waals surface area contributed by atoms with Gasteiger partial charge in [0.1, 0.15) is 0 Å². The first-order chi connectivity index (χ1) is 8.54. The lowest BCUT2D eigenvalue weighted by atomic mass is 9.90. The fourth-order valence-corrected chi connectivity index (χ4v) is 3.27. The third kappa shape index (κ3) is 2.81. The molecule has 4 heteroatoms. The summed E-state index contributed by atoms with van der Waals surface area (Å²) in [5.74, 6) is -0.319. The monoisotopic (exact) mass is 286 g/mol. The van der Waals surface area contributed by atoms with Crippen LogP contribution in [0, 0.1) is 11.8 Å². The molecule has 1 aromatic carbocycles. The molecule has 1 aromatic rings. The topological polar surface area (TPSA) is 37.3 Å². The average Bonchev–Trinajstić information content (AvgIpc) is 3.06. The molecular formula is C14H16Cl2O2. The van der Waals surface area contributed by atoms with Crippen LogP contribution in [0.15, 0.2) is 18.2 Å². The number of carboxylic acid groups (broad SMARTS) is 1. The van der Waals surface area contributed by atoms with Gasteiger partial charge < -0.3 is 5.11 Å². The highest BCUT2D eigenvalue weighted by Crippen LogP contribution is 2.47. The van der Waals surface area contributed by atoms with Gasteiger partial charge in [0.15, 0.2) is 0 Å². The van der Waals surface area contributed by atoms with Gasteiger partial charge >= 0.3 is 5.97 Å². The Labute approximate surface area is 117 Å². The van der Waals surface area contributed by atoms with E-state index in [0.717, 1.165) is 24.8 Å². The van der Waals surface area contributed by atoms with E-state index in [-0.39, 0.29) is 17.8 Å². The van der Waals surface area contributed by atoms with E-state index in [0.29, 0.717) is 10.0 Å². The lowest BCUT2D eigenvalue weighted by Crippen LogP contribution is -2.05. The number of aliphatic carboxylic acids is 1. The van der Waals surface area contributed by atoms with Crippen molar-refractivity contribution >= 4 is 29.2 Å². The molecule has 2 rings (SSSR count). The molecule has 18 heavy (non-hydrogen) atoms. The molecule has 0 aromatic heterocycles. The minimum atomic E-state index is -0.680. The van der Waals surface area contributed by atoms with Crippen molar-refractivity contribution < 1.29 is 9.90 Å². The van der Waals surface area contributed by atoms with Gasteiger partial charge in [0, 0.05) is 10.0 Å². The summed E-state index contributed by atoms with van der Waals surface area (Å²) in [5.41, 5.74) is 0.972. The highest BCUT2D eigenvalue weighted by atomic mass is 35.5. The van der Waals surface area contributed by atoms with E-state index < -0.39 is 5.97 Å². The van der Waals surface area contributed by atoms with Gasteiger partial charge in [-0.05, 0) is 48.8 Å². The molecule has 98 valence electrons. The van der Waals surface area contributed by atoms with Crippen molar-refractivity contribution in [1.29, 1.82) is 0 Å². The molecule has 0 saturated heterocycles. The third-order valence-corrected chi connectivity index (χ3v) is 4.39. The number of rotatable bonds is 5. The highest BCUT2D eigenvalue weighted by Gasteiger charge is 2.44. The van der Waals surface area contributed by atoms with Crippen molar-refractivity contribution in [1.82, 2.24) is 0 Å². The molecule has 3 atom stereocenters. The summed E-state index contributed by atoms with van der Waals surface area (Å²) in [6, 6.07) is 5.51. The van der Waals surface area contributed by atoms with Crippen LogP contribution in [0.4, 0.5) is 0 Å². The first-order valence-corrected chi connectivity index (χ1v) is 6.96. The zero-order valence-corrected chi connectivity index (χ0v) is 11.7. The average molecular weight is 287 g/mol. The number of hydrogen-bond donors (Lipinski definition) is 1. The van der Waals surface area contributed by atoms with Gasteiger partial charge in [0.25, 0.3) is 0 Å². The lowest BCUT2D eigenvalue weighted by molar-refractivity contribution is -0.138. The van der Waals surface area contributed by atoms with Crippen LogP contribution >= 0.6 is 23.2 Å². The molecule has 3 unspecified atom stereocenters. The van der Waals surface area contributed by atoms with Gasteiger partial charge in [0.05, 0.1) is 5.92 Å². The fraction of sp³-hybridized carbons (Fsp3) is 0.500. The first kappa shape index (κ1) is 13.7. The van der Waals surface area contributed by atoms with Crippen LogP contribution in [0.3, 0.4) is 0 Å². The first-order valence-electron chi connectivity index (χ1n) is 6.21. The number of carboxylic acids is 1. The molecule has 1 aliphatic carbocycles. The summed E-state index contributed by atoms with van der Waals surface area (Å²) < 4.78 is 0. The lowest BCUT2D eigenvalue weighted by Gasteiger charge is -2.18. The van der Waals surface area contributed by atoms with Crippen LogP contribution < -0.4 is 0 Å². The quantitative estimate of drug-likeness (QED) is 0.859. The van der Waals surface area contributed by atoms with Crippen molar-refractivity contribution in [2.24, 2.45) is 11.8 Å². The van der Waals surface area contributed by atoms with Crippen molar-refractivity contribution in [3.63, 3.8) is 0 Å². The van der Waals surface area contributed by atoms with Crippen LogP contribution in [-0.2, 0) is 4.79 Å². The summed E-state index contributed by atoms with van der Waals surface area (Å²) in [7, 11) is 0. The molecule has 0 heterocycles. The van der Waals surface area contributed by atoms with E-state index in [9.17, 15) is 4.79 Å². The van der Waals surface area contributed by atoms with E-state index in [1.165, 1.54) is 0 Å². The summed E-state index contributed by atoms with van der Waals surface area (Å²) in [4.78, 5) is 10.9. The Morgan fingerprint density at radius 2 is 2.06 bits per heavy atom. The number of hydrogen-bond acceptors (Lipinski definition) is 1. The van der Waals surface area contributed by atoms with Gasteiger partial charge in [-0.25, -0.2) is 0 Å². The molecule has 0 aliphatic heterocycles. The van der Waals surface area contributed by atoms with Crippen LogP contribution in [-0.4, -0.2) is 11.1 Å². The summed E-state index contributed by atoms with van der Waals surface area (Å²) in [5, 5.41) is 10.3. The predicted molar refractivity (Wildman–Crippen MR) is 73.3 cm³/mol. The summed E-state index contributed by atoms with van der Waals surface area (Å²) in [6.07, 6.45) is 2.57. The molecule has 0 spiro atoms. The minimum absolute atomic E-state index is 0.166. The van der Waals surface area contributed by atoms with E-state index in [2.05, 4.69) is 6.92 Å². The maximum Gasteiger partial charge on any atom is 0.306 e. The molecule has 0 radical (unpaired) electrons. The summed E-state index contributed by atoms with van der Waals surface area (Å²) in [6.45, 7) is 2.09. The van der Waals surface area contributed by atoms with Crippen molar-refractivity contribution in [2.45, 2.75) is 32.1 Å². The normalized spacial score (nSPS) is 23.7.